The Kier molecular flexibility index (Phi) is 5.28. The molecule has 0 atom stereocenters. The molecule has 0 bridgehead atoms. The van der Waals surface area contributed by atoms with E-state index in [4.69, 9.17) is 9.05 Å². The van der Waals surface area contributed by atoms with E-state index in [0.717, 1.165) is 10.8 Å². The smallest absolute Gasteiger partial charge is 0.335 e. The van der Waals surface area contributed by atoms with E-state index < -0.39 is 7.60 Å². The van der Waals surface area contributed by atoms with Gasteiger partial charge in [0.05, 0.1) is 18.4 Å². The van der Waals surface area contributed by atoms with Gasteiger partial charge in [0.2, 0.25) is 0 Å². The lowest BCUT2D eigenvalue weighted by Crippen LogP contribution is -2.09. The maximum absolute atomic E-state index is 13.0. The quantitative estimate of drug-likeness (QED) is 0.753. The first-order chi connectivity index (χ1) is 10.3. The normalized spacial score (nSPS) is 12.5. The molecule has 4 nitrogen and oxygen atoms in total. The van der Waals surface area contributed by atoms with Gasteiger partial charge in [-0.05, 0) is 44.5 Å². The highest BCUT2D eigenvalue weighted by atomic mass is 31.2. The van der Waals surface area contributed by atoms with Crippen LogP contribution in [0.4, 0.5) is 0 Å². The fourth-order valence-electron chi connectivity index (χ4n) is 2.43. The summed E-state index contributed by atoms with van der Waals surface area (Å²) < 4.78 is 24.2. The molecule has 0 aliphatic heterocycles. The Labute approximate surface area is 131 Å². The van der Waals surface area contributed by atoms with Crippen molar-refractivity contribution in [2.75, 3.05) is 0 Å². The van der Waals surface area contributed by atoms with Crippen LogP contribution in [0.25, 0.3) is 10.8 Å². The molecule has 2 rings (SSSR count). The lowest BCUT2D eigenvalue weighted by atomic mass is 10.0. The molecule has 0 saturated heterocycles. The third-order valence-corrected chi connectivity index (χ3v) is 5.30. The standard InChI is InChI=1S/C17H23O4P/c1-12(2)20-22(19,21-13(3)4)11-16-15-8-6-5-7-14(15)9-10-17(16)18/h5-10,12-13,18H,11H2,1-4H3. The number of rotatable bonds is 6. The predicted octanol–water partition coefficient (Wildman–Crippen LogP) is 5.09. The molecule has 0 unspecified atom stereocenters. The minimum Gasteiger partial charge on any atom is -0.508 e. The zero-order valence-corrected chi connectivity index (χ0v) is 14.3. The van der Waals surface area contributed by atoms with Crippen molar-refractivity contribution in [2.45, 2.75) is 46.1 Å². The van der Waals surface area contributed by atoms with E-state index >= 15 is 0 Å². The fraction of sp³-hybridized carbons (Fsp3) is 0.412. The Balaban J connectivity index is 2.46. The molecule has 5 heteroatoms. The average Bonchev–Trinajstić information content (AvgIpc) is 2.40. The largest absolute Gasteiger partial charge is 0.508 e. The van der Waals surface area contributed by atoms with Gasteiger partial charge in [0.25, 0.3) is 0 Å². The molecule has 0 spiro atoms. The van der Waals surface area contributed by atoms with Crippen molar-refractivity contribution in [1.82, 2.24) is 0 Å². The summed E-state index contributed by atoms with van der Waals surface area (Å²) in [6.45, 7) is 7.27. The third kappa shape index (κ3) is 4.10. The molecule has 0 amide bonds. The summed E-state index contributed by atoms with van der Waals surface area (Å²) in [7, 11) is -3.34. The van der Waals surface area contributed by atoms with Crippen molar-refractivity contribution in [3.05, 3.63) is 42.0 Å². The predicted molar refractivity (Wildman–Crippen MR) is 89.4 cm³/mol. The van der Waals surface area contributed by atoms with Gasteiger partial charge in [-0.25, -0.2) is 0 Å². The van der Waals surface area contributed by atoms with Gasteiger partial charge < -0.3 is 14.2 Å². The second kappa shape index (κ2) is 6.82. The van der Waals surface area contributed by atoms with Gasteiger partial charge in [-0.15, -0.1) is 0 Å². The fourth-order valence-corrected chi connectivity index (χ4v) is 4.63. The highest BCUT2D eigenvalue weighted by Gasteiger charge is 2.30. The van der Waals surface area contributed by atoms with Crippen LogP contribution in [0.3, 0.4) is 0 Å². The van der Waals surface area contributed by atoms with Crippen molar-refractivity contribution < 1.29 is 18.7 Å². The minimum absolute atomic E-state index is 0.0521. The molecule has 2 aromatic carbocycles. The Hall–Kier alpha value is -1.35. The monoisotopic (exact) mass is 322 g/mol. The lowest BCUT2D eigenvalue weighted by molar-refractivity contribution is 0.141. The van der Waals surface area contributed by atoms with Gasteiger partial charge in [-0.2, -0.15) is 0 Å². The first-order valence-corrected chi connectivity index (χ1v) is 9.19. The molecule has 0 aliphatic rings. The molecular formula is C17H23O4P. The number of aromatic hydroxyl groups is 1. The molecule has 22 heavy (non-hydrogen) atoms. The maximum Gasteiger partial charge on any atom is 0.335 e. The lowest BCUT2D eigenvalue weighted by Gasteiger charge is -2.23. The first-order valence-electron chi connectivity index (χ1n) is 7.46. The minimum atomic E-state index is -3.34. The summed E-state index contributed by atoms with van der Waals surface area (Å²) in [5.74, 6) is 0.110. The number of phenolic OH excluding ortho intramolecular Hbond substituents is 1. The highest BCUT2D eigenvalue weighted by Crippen LogP contribution is 2.55. The molecule has 0 fully saturated rings. The summed E-state index contributed by atoms with van der Waals surface area (Å²) in [4.78, 5) is 0. The van der Waals surface area contributed by atoms with Gasteiger partial charge in [0.15, 0.2) is 0 Å². The van der Waals surface area contributed by atoms with Gasteiger partial charge >= 0.3 is 7.60 Å². The van der Waals surface area contributed by atoms with Gasteiger partial charge in [-0.3, -0.25) is 4.57 Å². The van der Waals surface area contributed by atoms with E-state index in [1.165, 1.54) is 0 Å². The topological polar surface area (TPSA) is 55.8 Å². The van der Waals surface area contributed by atoms with E-state index in [0.29, 0.717) is 5.56 Å². The van der Waals surface area contributed by atoms with Crippen LogP contribution in [0.5, 0.6) is 5.75 Å². The molecule has 120 valence electrons. The number of hydrogen-bond acceptors (Lipinski definition) is 4. The first kappa shape index (κ1) is 17.0. The van der Waals surface area contributed by atoms with Gasteiger partial charge in [-0.1, -0.05) is 30.3 Å². The van der Waals surface area contributed by atoms with Crippen LogP contribution >= 0.6 is 7.60 Å². The van der Waals surface area contributed by atoms with E-state index in [1.807, 2.05) is 58.0 Å². The Morgan fingerprint density at radius 2 is 1.59 bits per heavy atom. The number of phenols is 1. The van der Waals surface area contributed by atoms with Crippen LogP contribution in [0, 0.1) is 0 Å². The highest BCUT2D eigenvalue weighted by molar-refractivity contribution is 7.53. The molecule has 0 heterocycles. The molecule has 0 radical (unpaired) electrons. The van der Waals surface area contributed by atoms with Crippen LogP contribution in [-0.2, 0) is 19.8 Å². The molecule has 2 aromatic rings. The molecular weight excluding hydrogens is 299 g/mol. The summed E-state index contributed by atoms with van der Waals surface area (Å²) in [6, 6.07) is 11.1. The molecule has 0 aromatic heterocycles. The second-order valence-electron chi connectivity index (χ2n) is 5.86. The van der Waals surface area contributed by atoms with Gasteiger partial charge in [0.1, 0.15) is 5.75 Å². The zero-order chi connectivity index (χ0) is 16.3. The van der Waals surface area contributed by atoms with Crippen molar-refractivity contribution in [1.29, 1.82) is 0 Å². The Morgan fingerprint density at radius 1 is 1.00 bits per heavy atom. The molecule has 1 N–H and O–H groups in total. The Morgan fingerprint density at radius 3 is 2.18 bits per heavy atom. The van der Waals surface area contributed by atoms with Crippen LogP contribution in [0.2, 0.25) is 0 Å². The van der Waals surface area contributed by atoms with E-state index in [9.17, 15) is 9.67 Å². The van der Waals surface area contributed by atoms with E-state index in [1.54, 1.807) is 6.07 Å². The van der Waals surface area contributed by atoms with Crippen molar-refractivity contribution in [2.24, 2.45) is 0 Å². The Bertz CT molecular complexity index is 680. The second-order valence-corrected chi connectivity index (χ2v) is 7.82. The van der Waals surface area contributed by atoms with Crippen molar-refractivity contribution in [3.63, 3.8) is 0 Å². The van der Waals surface area contributed by atoms with Crippen molar-refractivity contribution in [3.8, 4) is 5.75 Å². The summed E-state index contributed by atoms with van der Waals surface area (Å²) in [6.07, 6.45) is -0.389. The molecule has 0 aliphatic carbocycles. The SMILES string of the molecule is CC(C)OP(=O)(Cc1c(O)ccc2ccccc12)OC(C)C. The third-order valence-electron chi connectivity index (χ3n) is 3.11. The van der Waals surface area contributed by atoms with Crippen LogP contribution in [0.15, 0.2) is 36.4 Å². The summed E-state index contributed by atoms with van der Waals surface area (Å²) in [5, 5.41) is 12.1. The van der Waals surface area contributed by atoms with Gasteiger partial charge in [0, 0.05) is 5.56 Å². The van der Waals surface area contributed by atoms with E-state index in [-0.39, 0.29) is 24.1 Å². The zero-order valence-electron chi connectivity index (χ0n) is 13.4. The van der Waals surface area contributed by atoms with Crippen LogP contribution in [0.1, 0.15) is 33.3 Å². The van der Waals surface area contributed by atoms with E-state index in [2.05, 4.69) is 0 Å². The summed E-state index contributed by atoms with van der Waals surface area (Å²) in [5.41, 5.74) is 0.600. The average molecular weight is 322 g/mol. The van der Waals surface area contributed by atoms with Crippen molar-refractivity contribution >= 4 is 18.4 Å². The van der Waals surface area contributed by atoms with Crippen LogP contribution < -0.4 is 0 Å². The van der Waals surface area contributed by atoms with Crippen LogP contribution in [-0.4, -0.2) is 17.3 Å². The number of hydrogen-bond donors (Lipinski definition) is 1. The number of benzene rings is 2. The number of fused-ring (bicyclic) bond motifs is 1. The molecule has 0 saturated carbocycles. The maximum atomic E-state index is 13.0. The summed E-state index contributed by atoms with van der Waals surface area (Å²) >= 11 is 0.